The fourth-order valence-corrected chi connectivity index (χ4v) is 3.82. The van der Waals surface area contributed by atoms with E-state index in [2.05, 4.69) is 21.2 Å². The van der Waals surface area contributed by atoms with E-state index in [1.165, 1.54) is 0 Å². The molecule has 4 nitrogen and oxygen atoms in total. The first kappa shape index (κ1) is 11.7. The monoisotopic (exact) mass is 304 g/mol. The summed E-state index contributed by atoms with van der Waals surface area (Å²) in [5.41, 5.74) is 7.22. The minimum atomic E-state index is -2.85. The van der Waals surface area contributed by atoms with E-state index in [1.807, 2.05) is 12.1 Å². The van der Waals surface area contributed by atoms with Gasteiger partial charge in [0.15, 0.2) is 9.84 Å². The van der Waals surface area contributed by atoms with Crippen LogP contribution in [0.5, 0.6) is 0 Å². The SMILES string of the molecule is Nc1ccc(Br)cc1NC1CCS(=O)(=O)C1. The van der Waals surface area contributed by atoms with Gasteiger partial charge in [-0.1, -0.05) is 15.9 Å². The maximum atomic E-state index is 11.3. The summed E-state index contributed by atoms with van der Waals surface area (Å²) in [5.74, 6) is 0.456. The summed E-state index contributed by atoms with van der Waals surface area (Å²) in [5, 5.41) is 3.17. The number of sulfone groups is 1. The van der Waals surface area contributed by atoms with Crippen LogP contribution >= 0.6 is 15.9 Å². The number of hydrogen-bond acceptors (Lipinski definition) is 4. The summed E-state index contributed by atoms with van der Waals surface area (Å²) in [7, 11) is -2.85. The van der Waals surface area contributed by atoms with Crippen LogP contribution in [0.15, 0.2) is 22.7 Å². The summed E-state index contributed by atoms with van der Waals surface area (Å²) in [6.45, 7) is 0. The summed E-state index contributed by atoms with van der Waals surface area (Å²) >= 11 is 3.35. The second-order valence-electron chi connectivity index (χ2n) is 3.98. The van der Waals surface area contributed by atoms with Crippen LogP contribution in [-0.2, 0) is 9.84 Å². The van der Waals surface area contributed by atoms with Gasteiger partial charge in [-0.2, -0.15) is 0 Å². The molecule has 1 aliphatic rings. The van der Waals surface area contributed by atoms with Crippen molar-refractivity contribution in [3.8, 4) is 0 Å². The molecule has 88 valence electrons. The standard InChI is InChI=1S/C10H13BrN2O2S/c11-7-1-2-9(12)10(5-7)13-8-3-4-16(14,15)6-8/h1-2,5,8,13H,3-4,6,12H2. The first-order valence-corrected chi connectivity index (χ1v) is 7.60. The third-order valence-corrected chi connectivity index (χ3v) is 4.87. The van der Waals surface area contributed by atoms with Gasteiger partial charge in [0.2, 0.25) is 0 Å². The van der Waals surface area contributed by atoms with E-state index in [9.17, 15) is 8.42 Å². The van der Waals surface area contributed by atoms with Gasteiger partial charge >= 0.3 is 0 Å². The van der Waals surface area contributed by atoms with Crippen molar-refractivity contribution in [2.24, 2.45) is 0 Å². The Morgan fingerprint density at radius 3 is 2.81 bits per heavy atom. The molecule has 1 aromatic carbocycles. The fraction of sp³-hybridized carbons (Fsp3) is 0.400. The Morgan fingerprint density at radius 1 is 1.44 bits per heavy atom. The molecule has 16 heavy (non-hydrogen) atoms. The highest BCUT2D eigenvalue weighted by molar-refractivity contribution is 9.10. The number of nitrogens with one attached hydrogen (secondary N) is 1. The molecule has 0 amide bonds. The van der Waals surface area contributed by atoms with Crippen molar-refractivity contribution in [1.82, 2.24) is 0 Å². The fourth-order valence-electron chi connectivity index (χ4n) is 1.78. The molecule has 3 N–H and O–H groups in total. The predicted octanol–water partition coefficient (Wildman–Crippen LogP) is 1.63. The van der Waals surface area contributed by atoms with Crippen molar-refractivity contribution in [2.75, 3.05) is 22.6 Å². The van der Waals surface area contributed by atoms with Crippen molar-refractivity contribution in [2.45, 2.75) is 12.5 Å². The van der Waals surface area contributed by atoms with E-state index < -0.39 is 9.84 Å². The van der Waals surface area contributed by atoms with Crippen LogP contribution in [0.1, 0.15) is 6.42 Å². The van der Waals surface area contributed by atoms with E-state index >= 15 is 0 Å². The lowest BCUT2D eigenvalue weighted by molar-refractivity contribution is 0.602. The molecule has 2 rings (SSSR count). The van der Waals surface area contributed by atoms with E-state index in [4.69, 9.17) is 5.73 Å². The van der Waals surface area contributed by atoms with Gasteiger partial charge in [0, 0.05) is 10.5 Å². The average Bonchev–Trinajstić information content (AvgIpc) is 2.52. The molecule has 1 atom stereocenters. The number of halogens is 1. The highest BCUT2D eigenvalue weighted by Crippen LogP contribution is 2.26. The number of anilines is 2. The Morgan fingerprint density at radius 2 is 2.19 bits per heavy atom. The molecule has 0 spiro atoms. The van der Waals surface area contributed by atoms with Gasteiger partial charge in [-0.25, -0.2) is 8.42 Å². The van der Waals surface area contributed by atoms with Gasteiger partial charge in [-0.3, -0.25) is 0 Å². The van der Waals surface area contributed by atoms with Gasteiger partial charge in [0.25, 0.3) is 0 Å². The number of hydrogen-bond donors (Lipinski definition) is 2. The summed E-state index contributed by atoms with van der Waals surface area (Å²) in [6, 6.07) is 5.48. The van der Waals surface area contributed by atoms with E-state index in [1.54, 1.807) is 6.07 Å². The summed E-state index contributed by atoms with van der Waals surface area (Å²) in [4.78, 5) is 0. The van der Waals surface area contributed by atoms with Crippen LogP contribution in [-0.4, -0.2) is 26.0 Å². The molecule has 1 aromatic rings. The largest absolute Gasteiger partial charge is 0.397 e. The Labute approximate surface area is 103 Å². The van der Waals surface area contributed by atoms with Gasteiger partial charge in [0.05, 0.1) is 22.9 Å². The van der Waals surface area contributed by atoms with E-state index in [0.717, 1.165) is 10.2 Å². The summed E-state index contributed by atoms with van der Waals surface area (Å²) in [6.07, 6.45) is 0.647. The molecule has 1 saturated heterocycles. The third-order valence-electron chi connectivity index (χ3n) is 2.61. The lowest BCUT2D eigenvalue weighted by Crippen LogP contribution is -2.21. The Balaban J connectivity index is 2.13. The molecular weight excluding hydrogens is 292 g/mol. The molecule has 0 aromatic heterocycles. The zero-order chi connectivity index (χ0) is 11.8. The van der Waals surface area contributed by atoms with Crippen molar-refractivity contribution in [3.63, 3.8) is 0 Å². The summed E-state index contributed by atoms with van der Waals surface area (Å²) < 4.78 is 23.5. The topological polar surface area (TPSA) is 72.2 Å². The van der Waals surface area contributed by atoms with Crippen molar-refractivity contribution in [3.05, 3.63) is 22.7 Å². The molecule has 6 heteroatoms. The first-order chi connectivity index (χ1) is 7.46. The molecule has 1 aliphatic heterocycles. The van der Waals surface area contributed by atoms with Gasteiger partial charge in [-0.05, 0) is 24.6 Å². The maximum absolute atomic E-state index is 11.3. The second kappa shape index (κ2) is 4.25. The van der Waals surface area contributed by atoms with Gasteiger partial charge in [0.1, 0.15) is 0 Å². The molecule has 0 bridgehead atoms. The van der Waals surface area contributed by atoms with Crippen molar-refractivity contribution < 1.29 is 8.42 Å². The predicted molar refractivity (Wildman–Crippen MR) is 69.2 cm³/mol. The zero-order valence-corrected chi connectivity index (χ0v) is 11.0. The Kier molecular flexibility index (Phi) is 3.12. The molecule has 1 heterocycles. The smallest absolute Gasteiger partial charge is 0.152 e. The normalized spacial score (nSPS) is 23.2. The molecule has 1 fully saturated rings. The minimum absolute atomic E-state index is 0.0263. The zero-order valence-electron chi connectivity index (χ0n) is 8.61. The van der Waals surface area contributed by atoms with Crippen molar-refractivity contribution in [1.29, 1.82) is 0 Å². The highest BCUT2D eigenvalue weighted by Gasteiger charge is 2.27. The second-order valence-corrected chi connectivity index (χ2v) is 7.12. The quantitative estimate of drug-likeness (QED) is 0.815. The number of nitrogens with two attached hydrogens (primary N) is 1. The lowest BCUT2D eigenvalue weighted by Gasteiger charge is -2.14. The molecule has 1 unspecified atom stereocenters. The molecule has 0 saturated carbocycles. The average molecular weight is 305 g/mol. The van der Waals surface area contributed by atoms with Crippen LogP contribution in [0.4, 0.5) is 11.4 Å². The number of nitrogen functional groups attached to an aromatic ring is 1. The van der Waals surface area contributed by atoms with Crippen LogP contribution < -0.4 is 11.1 Å². The Bertz CT molecular complexity index is 502. The Hall–Kier alpha value is -0.750. The number of rotatable bonds is 2. The number of benzene rings is 1. The van der Waals surface area contributed by atoms with Gasteiger partial charge < -0.3 is 11.1 Å². The molecule has 0 radical (unpaired) electrons. The molecular formula is C10H13BrN2O2S. The van der Waals surface area contributed by atoms with Crippen LogP contribution in [0.2, 0.25) is 0 Å². The van der Waals surface area contributed by atoms with E-state index in [0.29, 0.717) is 12.1 Å². The van der Waals surface area contributed by atoms with Crippen molar-refractivity contribution >= 4 is 37.1 Å². The van der Waals surface area contributed by atoms with Crippen LogP contribution in [0.25, 0.3) is 0 Å². The van der Waals surface area contributed by atoms with Crippen LogP contribution in [0.3, 0.4) is 0 Å². The lowest BCUT2D eigenvalue weighted by atomic mass is 10.2. The molecule has 0 aliphatic carbocycles. The maximum Gasteiger partial charge on any atom is 0.152 e. The van der Waals surface area contributed by atoms with Gasteiger partial charge in [-0.15, -0.1) is 0 Å². The van der Waals surface area contributed by atoms with Crippen LogP contribution in [0, 0.1) is 0 Å². The first-order valence-electron chi connectivity index (χ1n) is 4.98. The van der Waals surface area contributed by atoms with E-state index in [-0.39, 0.29) is 17.5 Å². The third kappa shape index (κ3) is 2.68. The minimum Gasteiger partial charge on any atom is -0.397 e. The highest BCUT2D eigenvalue weighted by atomic mass is 79.9.